The van der Waals surface area contributed by atoms with E-state index in [1.165, 1.54) is 12.5 Å². The summed E-state index contributed by atoms with van der Waals surface area (Å²) in [6, 6.07) is 2.76. The van der Waals surface area contributed by atoms with Crippen LogP contribution in [0.1, 0.15) is 11.6 Å². The Hall–Kier alpha value is -1.98. The summed E-state index contributed by atoms with van der Waals surface area (Å²) >= 11 is 0. The lowest BCUT2D eigenvalue weighted by atomic mass is 10.0. The molecule has 88 valence electrons. The third kappa shape index (κ3) is 1.26. The predicted molar refractivity (Wildman–Crippen MR) is 61.7 cm³/mol. The summed E-state index contributed by atoms with van der Waals surface area (Å²) in [4.78, 5) is 0. The fourth-order valence-corrected chi connectivity index (χ4v) is 2.11. The number of aliphatic hydroxyl groups is 1. The largest absolute Gasteiger partial charge is 0.504 e. The lowest BCUT2D eigenvalue weighted by molar-refractivity contribution is 0.268. The van der Waals surface area contributed by atoms with Crippen LogP contribution in [-0.2, 0) is 0 Å². The molecular formula is C12H11NO4. The molecule has 0 aliphatic rings. The quantitative estimate of drug-likeness (QED) is 0.628. The molecule has 3 rings (SSSR count). The van der Waals surface area contributed by atoms with Gasteiger partial charge in [-0.05, 0) is 12.1 Å². The van der Waals surface area contributed by atoms with Gasteiger partial charge in [0.2, 0.25) is 0 Å². The Bertz CT molecular complexity index is 630. The third-order valence-corrected chi connectivity index (χ3v) is 2.90. The van der Waals surface area contributed by atoms with Crippen LogP contribution in [0.5, 0.6) is 5.75 Å². The molecule has 2 heterocycles. The predicted octanol–water partition coefficient (Wildman–Crippen LogP) is 1.88. The molecule has 0 spiro atoms. The van der Waals surface area contributed by atoms with Crippen molar-refractivity contribution in [1.29, 1.82) is 0 Å². The normalized spacial score (nSPS) is 13.5. The van der Waals surface area contributed by atoms with E-state index in [4.69, 9.17) is 14.6 Å². The topological polar surface area (TPSA) is 92.8 Å². The molecule has 0 aliphatic heterocycles. The van der Waals surface area contributed by atoms with Gasteiger partial charge >= 0.3 is 0 Å². The number of aliphatic hydroxyl groups excluding tert-OH is 1. The Labute approximate surface area is 96.0 Å². The second-order valence-electron chi connectivity index (χ2n) is 3.88. The monoisotopic (exact) mass is 233 g/mol. The molecule has 3 aromatic rings. The van der Waals surface area contributed by atoms with Crippen LogP contribution in [0.3, 0.4) is 0 Å². The van der Waals surface area contributed by atoms with Gasteiger partial charge < -0.3 is 24.8 Å². The number of fused-ring (bicyclic) bond motifs is 2. The van der Waals surface area contributed by atoms with Crippen molar-refractivity contribution in [1.82, 2.24) is 0 Å². The number of phenols is 1. The highest BCUT2D eigenvalue weighted by Gasteiger charge is 2.21. The number of hydrogen-bond acceptors (Lipinski definition) is 5. The molecule has 0 aliphatic carbocycles. The fourth-order valence-electron chi connectivity index (χ4n) is 2.11. The van der Waals surface area contributed by atoms with Crippen LogP contribution in [0.25, 0.3) is 21.9 Å². The average Bonchev–Trinajstić information content (AvgIpc) is 2.96. The van der Waals surface area contributed by atoms with E-state index < -0.39 is 6.04 Å². The minimum atomic E-state index is -0.579. The zero-order valence-corrected chi connectivity index (χ0v) is 8.88. The smallest absolute Gasteiger partial charge is 0.176 e. The van der Waals surface area contributed by atoms with Crippen molar-refractivity contribution in [3.63, 3.8) is 0 Å². The molecule has 5 nitrogen and oxygen atoms in total. The first-order chi connectivity index (χ1) is 8.24. The first-order valence-electron chi connectivity index (χ1n) is 5.19. The van der Waals surface area contributed by atoms with Gasteiger partial charge in [0.1, 0.15) is 5.58 Å². The van der Waals surface area contributed by atoms with Crippen molar-refractivity contribution in [2.75, 3.05) is 6.61 Å². The summed E-state index contributed by atoms with van der Waals surface area (Å²) in [6.45, 7) is -0.207. The Morgan fingerprint density at radius 1 is 1.12 bits per heavy atom. The van der Waals surface area contributed by atoms with Crippen LogP contribution in [-0.4, -0.2) is 16.8 Å². The van der Waals surface area contributed by atoms with Crippen molar-refractivity contribution >= 4 is 21.9 Å². The minimum absolute atomic E-state index is 0.0302. The van der Waals surface area contributed by atoms with Crippen LogP contribution in [0, 0.1) is 0 Å². The Morgan fingerprint density at radius 3 is 2.47 bits per heavy atom. The highest BCUT2D eigenvalue weighted by molar-refractivity contribution is 6.04. The number of rotatable bonds is 2. The van der Waals surface area contributed by atoms with Crippen molar-refractivity contribution in [2.45, 2.75) is 6.04 Å². The summed E-state index contributed by atoms with van der Waals surface area (Å²) in [5, 5.41) is 20.4. The molecule has 0 saturated carbocycles. The first-order valence-corrected chi connectivity index (χ1v) is 5.19. The number of furan rings is 2. The second-order valence-corrected chi connectivity index (χ2v) is 3.88. The van der Waals surface area contributed by atoms with E-state index in [1.807, 2.05) is 0 Å². The number of hydrogen-bond donors (Lipinski definition) is 3. The molecule has 1 unspecified atom stereocenters. The van der Waals surface area contributed by atoms with Gasteiger partial charge in [0.25, 0.3) is 0 Å². The average molecular weight is 233 g/mol. The van der Waals surface area contributed by atoms with Gasteiger partial charge in [0.15, 0.2) is 11.3 Å². The summed E-state index contributed by atoms with van der Waals surface area (Å²) in [6.07, 6.45) is 2.94. The van der Waals surface area contributed by atoms with Gasteiger partial charge in [0, 0.05) is 10.9 Å². The van der Waals surface area contributed by atoms with E-state index in [0.29, 0.717) is 27.5 Å². The van der Waals surface area contributed by atoms with Crippen LogP contribution in [0.15, 0.2) is 33.5 Å². The summed E-state index contributed by atoms with van der Waals surface area (Å²) in [5.74, 6) is 0.0302. The SMILES string of the molecule is NC(CO)c1c2ccoc2c(O)c2ccoc12. The van der Waals surface area contributed by atoms with Crippen LogP contribution < -0.4 is 5.73 Å². The molecule has 5 heteroatoms. The van der Waals surface area contributed by atoms with Crippen molar-refractivity contribution in [3.8, 4) is 5.75 Å². The van der Waals surface area contributed by atoms with Gasteiger partial charge in [-0.1, -0.05) is 0 Å². The number of aromatic hydroxyl groups is 1. The molecule has 1 atom stereocenters. The van der Waals surface area contributed by atoms with E-state index in [9.17, 15) is 10.2 Å². The Balaban J connectivity index is 2.52. The maximum absolute atomic E-state index is 10.0. The third-order valence-electron chi connectivity index (χ3n) is 2.90. The van der Waals surface area contributed by atoms with Crippen molar-refractivity contribution < 1.29 is 19.0 Å². The zero-order chi connectivity index (χ0) is 12.0. The van der Waals surface area contributed by atoms with E-state index in [0.717, 1.165) is 0 Å². The molecular weight excluding hydrogens is 222 g/mol. The van der Waals surface area contributed by atoms with Crippen molar-refractivity contribution in [2.24, 2.45) is 5.73 Å². The molecule has 4 N–H and O–H groups in total. The zero-order valence-electron chi connectivity index (χ0n) is 8.88. The highest BCUT2D eigenvalue weighted by atomic mass is 16.4. The molecule has 0 fully saturated rings. The van der Waals surface area contributed by atoms with Crippen LogP contribution in [0.2, 0.25) is 0 Å². The van der Waals surface area contributed by atoms with E-state index >= 15 is 0 Å². The van der Waals surface area contributed by atoms with E-state index in [-0.39, 0.29) is 12.4 Å². The molecule has 0 radical (unpaired) electrons. The number of phenolic OH excluding ortho intramolecular Hbond substituents is 1. The maximum atomic E-state index is 10.0. The molecule has 1 aromatic carbocycles. The lowest BCUT2D eigenvalue weighted by Crippen LogP contribution is -2.15. The molecule has 0 saturated heterocycles. The Morgan fingerprint density at radius 2 is 1.76 bits per heavy atom. The molecule has 2 aromatic heterocycles. The highest BCUT2D eigenvalue weighted by Crippen LogP contribution is 2.40. The summed E-state index contributed by atoms with van der Waals surface area (Å²) < 4.78 is 10.6. The van der Waals surface area contributed by atoms with Gasteiger partial charge in [-0.2, -0.15) is 0 Å². The van der Waals surface area contributed by atoms with Gasteiger partial charge in [-0.25, -0.2) is 0 Å². The van der Waals surface area contributed by atoms with Gasteiger partial charge in [-0.3, -0.25) is 0 Å². The van der Waals surface area contributed by atoms with Crippen LogP contribution >= 0.6 is 0 Å². The number of nitrogens with two attached hydrogens (primary N) is 1. The minimum Gasteiger partial charge on any atom is -0.504 e. The van der Waals surface area contributed by atoms with Crippen molar-refractivity contribution in [3.05, 3.63) is 30.2 Å². The standard InChI is InChI=1S/C12H11NO4/c13-8(5-14)9-6-1-3-17-12(6)10(15)7-2-4-16-11(7)9/h1-4,8,14-15H,5,13H2. The molecule has 17 heavy (non-hydrogen) atoms. The van der Waals surface area contributed by atoms with E-state index in [2.05, 4.69) is 0 Å². The first kappa shape index (κ1) is 10.2. The summed E-state index contributed by atoms with van der Waals surface area (Å²) in [7, 11) is 0. The summed E-state index contributed by atoms with van der Waals surface area (Å²) in [5.41, 5.74) is 7.35. The number of benzene rings is 1. The van der Waals surface area contributed by atoms with Crippen LogP contribution in [0.4, 0.5) is 0 Å². The molecule has 0 amide bonds. The Kier molecular flexibility index (Phi) is 2.10. The second kappa shape index (κ2) is 3.51. The fraction of sp³-hybridized carbons (Fsp3) is 0.167. The maximum Gasteiger partial charge on any atom is 0.176 e. The lowest BCUT2D eigenvalue weighted by Gasteiger charge is -2.11. The van der Waals surface area contributed by atoms with Gasteiger partial charge in [0.05, 0.1) is 30.6 Å². The molecule has 0 bridgehead atoms. The van der Waals surface area contributed by atoms with E-state index in [1.54, 1.807) is 12.1 Å². The van der Waals surface area contributed by atoms with Gasteiger partial charge in [-0.15, -0.1) is 0 Å².